The van der Waals surface area contributed by atoms with E-state index >= 15 is 0 Å². The van der Waals surface area contributed by atoms with E-state index in [1.807, 2.05) is 18.2 Å². The number of anilines is 1. The first-order valence-electron chi connectivity index (χ1n) is 7.45. The number of nitrogens with zero attached hydrogens (tertiary/aromatic N) is 1. The highest BCUT2D eigenvalue weighted by Crippen LogP contribution is 2.27. The molecule has 0 aromatic heterocycles. The lowest BCUT2D eigenvalue weighted by Crippen LogP contribution is -2.52. The van der Waals surface area contributed by atoms with Crippen molar-refractivity contribution in [2.75, 3.05) is 25.0 Å². The second-order valence-electron chi connectivity index (χ2n) is 5.73. The van der Waals surface area contributed by atoms with Gasteiger partial charge in [0.2, 0.25) is 5.91 Å². The average Bonchev–Trinajstić information content (AvgIpc) is 2.92. The summed E-state index contributed by atoms with van der Waals surface area (Å²) in [6.07, 6.45) is 4.71. The maximum absolute atomic E-state index is 12.0. The molecule has 0 spiro atoms. The molecule has 110 valence electrons. The molecule has 1 amide bonds. The lowest BCUT2D eigenvalue weighted by atomic mass is 9.98. The minimum atomic E-state index is -0.606. The van der Waals surface area contributed by atoms with Gasteiger partial charge < -0.3 is 16.0 Å². The summed E-state index contributed by atoms with van der Waals surface area (Å²) in [6, 6.07) is 10.3. The molecule has 3 N–H and O–H groups in total. The lowest BCUT2D eigenvalue weighted by molar-refractivity contribution is -0.126. The zero-order valence-electron chi connectivity index (χ0n) is 12.3. The van der Waals surface area contributed by atoms with Crippen molar-refractivity contribution in [1.82, 2.24) is 5.32 Å². The summed E-state index contributed by atoms with van der Waals surface area (Å²) in [5.41, 5.74) is 6.71. The van der Waals surface area contributed by atoms with E-state index < -0.39 is 5.54 Å². The van der Waals surface area contributed by atoms with Crippen LogP contribution < -0.4 is 16.0 Å². The molecule has 0 saturated heterocycles. The van der Waals surface area contributed by atoms with Crippen molar-refractivity contribution in [3.63, 3.8) is 0 Å². The van der Waals surface area contributed by atoms with E-state index in [9.17, 15) is 4.79 Å². The predicted octanol–water partition coefficient (Wildman–Crippen LogP) is 1.90. The molecule has 20 heavy (non-hydrogen) atoms. The van der Waals surface area contributed by atoms with Crippen molar-refractivity contribution in [2.24, 2.45) is 5.73 Å². The van der Waals surface area contributed by atoms with E-state index in [0.29, 0.717) is 6.54 Å². The largest absolute Gasteiger partial charge is 0.375 e. The normalized spacial score (nSPS) is 16.9. The molecule has 0 unspecified atom stereocenters. The smallest absolute Gasteiger partial charge is 0.240 e. The van der Waals surface area contributed by atoms with Crippen LogP contribution in [0.2, 0.25) is 0 Å². The van der Waals surface area contributed by atoms with Crippen molar-refractivity contribution < 1.29 is 4.79 Å². The molecule has 1 aromatic carbocycles. The van der Waals surface area contributed by atoms with Gasteiger partial charge in [0.05, 0.1) is 5.54 Å². The number of hydrogen-bond acceptors (Lipinski definition) is 3. The van der Waals surface area contributed by atoms with Gasteiger partial charge in [0.1, 0.15) is 0 Å². The van der Waals surface area contributed by atoms with Crippen LogP contribution in [0.3, 0.4) is 0 Å². The van der Waals surface area contributed by atoms with Crippen LogP contribution in [0.5, 0.6) is 0 Å². The zero-order valence-corrected chi connectivity index (χ0v) is 12.3. The van der Waals surface area contributed by atoms with E-state index in [1.54, 1.807) is 0 Å². The molecule has 0 aliphatic heterocycles. The van der Waals surface area contributed by atoms with Gasteiger partial charge >= 0.3 is 0 Å². The van der Waals surface area contributed by atoms with Crippen LogP contribution in [0.25, 0.3) is 0 Å². The summed E-state index contributed by atoms with van der Waals surface area (Å²) in [5, 5.41) is 2.98. The Morgan fingerprint density at radius 2 is 1.95 bits per heavy atom. The van der Waals surface area contributed by atoms with Gasteiger partial charge in [0, 0.05) is 25.8 Å². The number of rotatable bonds is 6. The molecular formula is C16H25N3O. The summed E-state index contributed by atoms with van der Waals surface area (Å²) in [5.74, 6) is 0.0253. The monoisotopic (exact) mass is 275 g/mol. The van der Waals surface area contributed by atoms with Crippen molar-refractivity contribution in [1.29, 1.82) is 0 Å². The van der Waals surface area contributed by atoms with E-state index in [1.165, 1.54) is 5.69 Å². The Bertz CT molecular complexity index is 427. The van der Waals surface area contributed by atoms with Gasteiger partial charge in [-0.15, -0.1) is 0 Å². The van der Waals surface area contributed by atoms with Crippen LogP contribution in [0.15, 0.2) is 30.3 Å². The van der Waals surface area contributed by atoms with Crippen LogP contribution in [-0.2, 0) is 4.79 Å². The fourth-order valence-corrected chi connectivity index (χ4v) is 2.74. The highest BCUT2D eigenvalue weighted by molar-refractivity contribution is 5.86. The van der Waals surface area contributed by atoms with Crippen LogP contribution in [0, 0.1) is 0 Å². The molecule has 1 aromatic rings. The molecule has 1 aliphatic carbocycles. The highest BCUT2D eigenvalue weighted by Gasteiger charge is 2.36. The predicted molar refractivity (Wildman–Crippen MR) is 82.7 cm³/mol. The zero-order chi connectivity index (χ0) is 14.4. The van der Waals surface area contributed by atoms with E-state index in [4.69, 9.17) is 5.73 Å². The Balaban J connectivity index is 1.68. The minimum absolute atomic E-state index is 0.0253. The van der Waals surface area contributed by atoms with Crippen LogP contribution in [-0.4, -0.2) is 31.6 Å². The number of para-hydroxylation sites is 1. The molecule has 1 saturated carbocycles. The van der Waals surface area contributed by atoms with E-state index in [0.717, 1.165) is 38.6 Å². The van der Waals surface area contributed by atoms with Crippen LogP contribution in [0.1, 0.15) is 32.1 Å². The number of nitrogens with two attached hydrogens (primary N) is 1. The number of amides is 1. The summed E-state index contributed by atoms with van der Waals surface area (Å²) >= 11 is 0. The topological polar surface area (TPSA) is 58.4 Å². The Morgan fingerprint density at radius 1 is 1.30 bits per heavy atom. The summed E-state index contributed by atoms with van der Waals surface area (Å²) in [7, 11) is 2.07. The number of benzene rings is 1. The molecule has 0 atom stereocenters. The third kappa shape index (κ3) is 3.73. The number of hydrogen-bond donors (Lipinski definition) is 2. The summed E-state index contributed by atoms with van der Waals surface area (Å²) in [6.45, 7) is 1.61. The summed E-state index contributed by atoms with van der Waals surface area (Å²) in [4.78, 5) is 14.2. The quantitative estimate of drug-likeness (QED) is 0.780. The van der Waals surface area contributed by atoms with Gasteiger partial charge in [-0.3, -0.25) is 4.79 Å². The standard InChI is InChI=1S/C16H25N3O/c1-19(14-8-3-2-4-9-14)13-7-12-18-15(20)16(17)10-5-6-11-16/h2-4,8-9H,5-7,10-13,17H2,1H3,(H,18,20). The van der Waals surface area contributed by atoms with Crippen molar-refractivity contribution >= 4 is 11.6 Å². The third-order valence-electron chi connectivity index (χ3n) is 4.10. The molecular weight excluding hydrogens is 250 g/mol. The maximum Gasteiger partial charge on any atom is 0.240 e. The van der Waals surface area contributed by atoms with Gasteiger partial charge in [-0.1, -0.05) is 31.0 Å². The first-order valence-corrected chi connectivity index (χ1v) is 7.45. The highest BCUT2D eigenvalue weighted by atomic mass is 16.2. The van der Waals surface area contributed by atoms with Crippen LogP contribution in [0.4, 0.5) is 5.69 Å². The molecule has 1 fully saturated rings. The molecule has 0 bridgehead atoms. The first-order chi connectivity index (χ1) is 9.62. The SMILES string of the molecule is CN(CCCNC(=O)C1(N)CCCC1)c1ccccc1. The van der Waals surface area contributed by atoms with Gasteiger partial charge in [0.25, 0.3) is 0 Å². The van der Waals surface area contributed by atoms with Gasteiger partial charge in [-0.05, 0) is 31.4 Å². The number of nitrogens with one attached hydrogen (secondary N) is 1. The number of carbonyl (C=O) groups excluding carboxylic acids is 1. The van der Waals surface area contributed by atoms with Crippen molar-refractivity contribution in [3.8, 4) is 0 Å². The average molecular weight is 275 g/mol. The Labute approximate surface area is 121 Å². The van der Waals surface area contributed by atoms with E-state index in [-0.39, 0.29) is 5.91 Å². The molecule has 2 rings (SSSR count). The summed E-state index contributed by atoms with van der Waals surface area (Å²) < 4.78 is 0. The molecule has 0 heterocycles. The van der Waals surface area contributed by atoms with Gasteiger partial charge in [0.15, 0.2) is 0 Å². The second-order valence-corrected chi connectivity index (χ2v) is 5.73. The molecule has 0 radical (unpaired) electrons. The molecule has 4 heteroatoms. The molecule has 1 aliphatic rings. The Morgan fingerprint density at radius 3 is 2.60 bits per heavy atom. The van der Waals surface area contributed by atoms with Crippen molar-refractivity contribution in [2.45, 2.75) is 37.6 Å². The van der Waals surface area contributed by atoms with E-state index in [2.05, 4.69) is 29.4 Å². The fraction of sp³-hybridized carbons (Fsp3) is 0.562. The van der Waals surface area contributed by atoms with Crippen LogP contribution >= 0.6 is 0 Å². The molecule has 4 nitrogen and oxygen atoms in total. The fourth-order valence-electron chi connectivity index (χ4n) is 2.74. The van der Waals surface area contributed by atoms with Gasteiger partial charge in [-0.2, -0.15) is 0 Å². The third-order valence-corrected chi connectivity index (χ3v) is 4.10. The minimum Gasteiger partial charge on any atom is -0.375 e. The maximum atomic E-state index is 12.0. The van der Waals surface area contributed by atoms with Gasteiger partial charge in [-0.25, -0.2) is 0 Å². The second kappa shape index (κ2) is 6.75. The Kier molecular flexibility index (Phi) is 5.01. The lowest BCUT2D eigenvalue weighted by Gasteiger charge is -2.23. The first kappa shape index (κ1) is 14.9. The Hall–Kier alpha value is -1.55. The number of carbonyl (C=O) groups is 1. The van der Waals surface area contributed by atoms with Crippen molar-refractivity contribution in [3.05, 3.63) is 30.3 Å².